The van der Waals surface area contributed by atoms with Crippen LogP contribution in [0.5, 0.6) is 0 Å². The quantitative estimate of drug-likeness (QED) is 0.450. The van der Waals surface area contributed by atoms with Gasteiger partial charge in [-0.15, -0.1) is 22.0 Å². The van der Waals surface area contributed by atoms with Gasteiger partial charge in [-0.25, -0.2) is 0 Å². The summed E-state index contributed by atoms with van der Waals surface area (Å²) in [4.78, 5) is 13.4. The smallest absolute Gasteiger partial charge is 0.257 e. The van der Waals surface area contributed by atoms with E-state index in [4.69, 9.17) is 0 Å². The lowest BCUT2D eigenvalue weighted by Crippen LogP contribution is -2.11. The Kier molecular flexibility index (Phi) is 5.63. The summed E-state index contributed by atoms with van der Waals surface area (Å²) in [6.07, 6.45) is 0. The predicted octanol–water partition coefficient (Wildman–Crippen LogP) is 4.69. The third kappa shape index (κ3) is 4.76. The van der Waals surface area contributed by atoms with Gasteiger partial charge in [-0.1, -0.05) is 35.6 Å². The number of thioether (sulfide) groups is 1. The average Bonchev–Trinajstić information content (AvgIpc) is 3.01. The zero-order valence-electron chi connectivity index (χ0n) is 11.9. The van der Waals surface area contributed by atoms with Crippen LogP contribution in [0.1, 0.15) is 15.4 Å². The number of benzene rings is 2. The van der Waals surface area contributed by atoms with Crippen LogP contribution in [-0.2, 0) is 5.75 Å². The molecule has 0 atom stereocenters. The fourth-order valence-electron chi connectivity index (χ4n) is 1.82. The molecule has 23 heavy (non-hydrogen) atoms. The lowest BCUT2D eigenvalue weighted by molar-refractivity contribution is 0.102. The summed E-state index contributed by atoms with van der Waals surface area (Å²) in [5.74, 6) is 0.572. The van der Waals surface area contributed by atoms with Crippen LogP contribution in [0.15, 0.2) is 59.5 Å². The van der Waals surface area contributed by atoms with Gasteiger partial charge in [-0.3, -0.25) is 10.1 Å². The summed E-state index contributed by atoms with van der Waals surface area (Å²) in [5, 5.41) is 12.4. The average molecular weight is 453 g/mol. The maximum atomic E-state index is 12.2. The number of aromatic nitrogens is 2. The molecule has 0 aliphatic rings. The van der Waals surface area contributed by atoms with Crippen LogP contribution >= 0.6 is 45.7 Å². The van der Waals surface area contributed by atoms with Crippen LogP contribution in [-0.4, -0.2) is 16.1 Å². The van der Waals surface area contributed by atoms with Crippen molar-refractivity contribution in [3.8, 4) is 0 Å². The number of hydrogen-bond acceptors (Lipinski definition) is 5. The molecule has 0 saturated heterocycles. The number of halogens is 1. The molecule has 0 fully saturated rings. The second kappa shape index (κ2) is 7.89. The molecule has 0 spiro atoms. The molecule has 3 rings (SSSR count). The number of nitrogens with zero attached hydrogens (tertiary/aromatic N) is 2. The normalized spacial score (nSPS) is 10.5. The molecule has 0 saturated carbocycles. The SMILES string of the molecule is O=C(Nc1nnc(CSc2ccccc2)s1)c1cccc(I)c1. The van der Waals surface area contributed by atoms with Crippen LogP contribution in [0.4, 0.5) is 5.13 Å². The molecule has 1 heterocycles. The van der Waals surface area contributed by atoms with Gasteiger partial charge in [0, 0.05) is 14.0 Å². The van der Waals surface area contributed by atoms with Crippen molar-refractivity contribution in [3.63, 3.8) is 0 Å². The number of rotatable bonds is 5. The highest BCUT2D eigenvalue weighted by Gasteiger charge is 2.10. The molecule has 1 aromatic heterocycles. The van der Waals surface area contributed by atoms with Gasteiger partial charge in [-0.05, 0) is 52.9 Å². The van der Waals surface area contributed by atoms with Gasteiger partial charge in [-0.2, -0.15) is 0 Å². The number of amides is 1. The van der Waals surface area contributed by atoms with E-state index in [1.54, 1.807) is 17.8 Å². The molecule has 0 bridgehead atoms. The Labute approximate surface area is 155 Å². The third-order valence-electron chi connectivity index (χ3n) is 2.88. The molecule has 7 heteroatoms. The summed E-state index contributed by atoms with van der Waals surface area (Å²) < 4.78 is 1.02. The van der Waals surface area contributed by atoms with E-state index in [0.717, 1.165) is 14.3 Å². The minimum absolute atomic E-state index is 0.165. The van der Waals surface area contributed by atoms with Gasteiger partial charge in [0.1, 0.15) is 5.01 Å². The van der Waals surface area contributed by atoms with E-state index < -0.39 is 0 Å². The molecule has 0 aliphatic heterocycles. The number of nitrogens with one attached hydrogen (secondary N) is 1. The summed E-state index contributed by atoms with van der Waals surface area (Å²) in [7, 11) is 0. The van der Waals surface area contributed by atoms with Crippen molar-refractivity contribution in [3.05, 3.63) is 68.7 Å². The molecule has 4 nitrogen and oxygen atoms in total. The van der Waals surface area contributed by atoms with Gasteiger partial charge < -0.3 is 0 Å². The zero-order chi connectivity index (χ0) is 16.1. The maximum Gasteiger partial charge on any atom is 0.257 e. The van der Waals surface area contributed by atoms with E-state index in [2.05, 4.69) is 50.2 Å². The van der Waals surface area contributed by atoms with Gasteiger partial charge in [0.05, 0.1) is 5.75 Å². The number of anilines is 1. The highest BCUT2D eigenvalue weighted by atomic mass is 127. The first-order chi connectivity index (χ1) is 11.2. The second-order valence-electron chi connectivity index (χ2n) is 4.57. The molecule has 0 unspecified atom stereocenters. The highest BCUT2D eigenvalue weighted by molar-refractivity contribution is 14.1. The van der Waals surface area contributed by atoms with Crippen LogP contribution < -0.4 is 5.32 Å². The Morgan fingerprint density at radius 3 is 2.74 bits per heavy atom. The highest BCUT2D eigenvalue weighted by Crippen LogP contribution is 2.25. The molecular weight excluding hydrogens is 441 g/mol. The van der Waals surface area contributed by atoms with E-state index in [1.807, 2.05) is 36.4 Å². The molecule has 0 aliphatic carbocycles. The summed E-state index contributed by atoms with van der Waals surface area (Å²) in [5.41, 5.74) is 0.618. The Morgan fingerprint density at radius 1 is 1.13 bits per heavy atom. The molecule has 1 N–H and O–H groups in total. The van der Waals surface area contributed by atoms with Gasteiger partial charge in [0.15, 0.2) is 0 Å². The predicted molar refractivity (Wildman–Crippen MR) is 103 cm³/mol. The van der Waals surface area contributed by atoms with Crippen LogP contribution in [0.2, 0.25) is 0 Å². The summed E-state index contributed by atoms with van der Waals surface area (Å²) >= 11 is 5.28. The van der Waals surface area contributed by atoms with Crippen molar-refractivity contribution in [1.82, 2.24) is 10.2 Å². The molecule has 1 amide bonds. The largest absolute Gasteiger partial charge is 0.296 e. The molecular formula is C16H12IN3OS2. The molecule has 3 aromatic rings. The van der Waals surface area contributed by atoms with Crippen LogP contribution in [0.25, 0.3) is 0 Å². The Bertz CT molecular complexity index is 808. The fraction of sp³-hybridized carbons (Fsp3) is 0.0625. The van der Waals surface area contributed by atoms with Crippen molar-refractivity contribution in [2.24, 2.45) is 0 Å². The number of hydrogen-bond donors (Lipinski definition) is 1. The minimum atomic E-state index is -0.165. The van der Waals surface area contributed by atoms with Gasteiger partial charge in [0.2, 0.25) is 5.13 Å². The minimum Gasteiger partial charge on any atom is -0.296 e. The lowest BCUT2D eigenvalue weighted by atomic mass is 10.2. The number of carbonyl (C=O) groups excluding carboxylic acids is 1. The molecule has 116 valence electrons. The van der Waals surface area contributed by atoms with E-state index >= 15 is 0 Å². The van der Waals surface area contributed by atoms with Crippen LogP contribution in [0, 0.1) is 3.57 Å². The lowest BCUT2D eigenvalue weighted by Gasteiger charge is -2.01. The first-order valence-corrected chi connectivity index (χ1v) is 9.66. The topological polar surface area (TPSA) is 54.9 Å². The van der Waals surface area contributed by atoms with Crippen molar-refractivity contribution in [2.45, 2.75) is 10.6 Å². The third-order valence-corrected chi connectivity index (χ3v) is 5.60. The standard InChI is InChI=1S/C16H12IN3OS2/c17-12-6-4-5-11(9-12)15(21)18-16-20-19-14(23-16)10-22-13-7-2-1-3-8-13/h1-9H,10H2,(H,18,20,21). The van der Waals surface area contributed by atoms with E-state index in [-0.39, 0.29) is 5.91 Å². The molecule has 0 radical (unpaired) electrons. The Morgan fingerprint density at radius 2 is 1.96 bits per heavy atom. The fourth-order valence-corrected chi connectivity index (χ4v) is 4.01. The van der Waals surface area contributed by atoms with E-state index in [1.165, 1.54) is 16.2 Å². The zero-order valence-corrected chi connectivity index (χ0v) is 15.7. The van der Waals surface area contributed by atoms with Crippen molar-refractivity contribution >= 4 is 56.7 Å². The second-order valence-corrected chi connectivity index (χ2v) is 7.92. The van der Waals surface area contributed by atoms with Crippen LogP contribution in [0.3, 0.4) is 0 Å². The monoisotopic (exact) mass is 453 g/mol. The number of carbonyl (C=O) groups is 1. The Balaban J connectivity index is 1.60. The molecule has 2 aromatic carbocycles. The van der Waals surface area contributed by atoms with Crippen molar-refractivity contribution in [1.29, 1.82) is 0 Å². The first kappa shape index (κ1) is 16.4. The van der Waals surface area contributed by atoms with E-state index in [0.29, 0.717) is 10.7 Å². The maximum absolute atomic E-state index is 12.2. The first-order valence-electron chi connectivity index (χ1n) is 6.78. The summed E-state index contributed by atoms with van der Waals surface area (Å²) in [6.45, 7) is 0. The van der Waals surface area contributed by atoms with Gasteiger partial charge >= 0.3 is 0 Å². The van der Waals surface area contributed by atoms with Crippen molar-refractivity contribution < 1.29 is 4.79 Å². The summed E-state index contributed by atoms with van der Waals surface area (Å²) in [6, 6.07) is 17.6. The van der Waals surface area contributed by atoms with E-state index in [9.17, 15) is 4.79 Å². The Hall–Kier alpha value is -1.45. The van der Waals surface area contributed by atoms with Crippen molar-refractivity contribution in [2.75, 3.05) is 5.32 Å². The van der Waals surface area contributed by atoms with Gasteiger partial charge in [0.25, 0.3) is 5.91 Å².